The maximum Gasteiger partial charge on any atom is 0.335 e. The van der Waals surface area contributed by atoms with Gasteiger partial charge in [-0.15, -0.1) is 0 Å². The monoisotopic (exact) mass is 178 g/mol. The molecule has 0 spiro atoms. The number of aromatic nitrogens is 2. The van der Waals surface area contributed by atoms with Crippen LogP contribution in [0.2, 0.25) is 0 Å². The van der Waals surface area contributed by atoms with Gasteiger partial charge in [0, 0.05) is 18.3 Å². The summed E-state index contributed by atoms with van der Waals surface area (Å²) in [4.78, 5) is 24.8. The predicted molar refractivity (Wildman–Crippen MR) is 44.9 cm³/mol. The van der Waals surface area contributed by atoms with Gasteiger partial charge in [0.1, 0.15) is 0 Å². The zero-order valence-electron chi connectivity index (χ0n) is 6.56. The quantitative estimate of drug-likeness (QED) is 0.674. The van der Waals surface area contributed by atoms with E-state index in [1.54, 1.807) is 6.07 Å². The summed E-state index contributed by atoms with van der Waals surface area (Å²) in [6.07, 6.45) is 2.69. The number of nitrogens with one attached hydrogen (secondary N) is 1. The predicted octanol–water partition coefficient (Wildman–Crippen LogP) is 0.119. The van der Waals surface area contributed by atoms with Gasteiger partial charge in [0.05, 0.1) is 6.26 Å². The van der Waals surface area contributed by atoms with Crippen molar-refractivity contribution in [2.24, 2.45) is 0 Å². The molecule has 0 fully saturated rings. The Hall–Kier alpha value is -2.04. The van der Waals surface area contributed by atoms with E-state index in [9.17, 15) is 9.59 Å². The standard InChI is InChI=1S/C8H6N2O3/c11-6-3-4-9-8(12)10(6)7-2-1-5-13-7/h1-5H,(H,9,12). The maximum absolute atomic E-state index is 11.2. The van der Waals surface area contributed by atoms with Crippen molar-refractivity contribution in [2.75, 3.05) is 0 Å². The average Bonchev–Trinajstić information content (AvgIpc) is 2.57. The molecule has 0 radical (unpaired) electrons. The molecule has 0 saturated heterocycles. The van der Waals surface area contributed by atoms with Gasteiger partial charge in [0.2, 0.25) is 5.88 Å². The van der Waals surface area contributed by atoms with Crippen molar-refractivity contribution in [3.63, 3.8) is 0 Å². The molecule has 5 heteroatoms. The van der Waals surface area contributed by atoms with Gasteiger partial charge in [-0.25, -0.2) is 4.79 Å². The fourth-order valence-corrected chi connectivity index (χ4v) is 1.03. The van der Waals surface area contributed by atoms with E-state index >= 15 is 0 Å². The van der Waals surface area contributed by atoms with Gasteiger partial charge >= 0.3 is 5.69 Å². The highest BCUT2D eigenvalue weighted by atomic mass is 16.3. The number of furan rings is 1. The van der Waals surface area contributed by atoms with Crippen LogP contribution in [0.4, 0.5) is 0 Å². The Kier molecular flexibility index (Phi) is 1.63. The van der Waals surface area contributed by atoms with Crippen LogP contribution < -0.4 is 11.2 Å². The topological polar surface area (TPSA) is 68.0 Å². The first-order chi connectivity index (χ1) is 6.29. The van der Waals surface area contributed by atoms with Crippen LogP contribution in [-0.4, -0.2) is 9.55 Å². The Balaban J connectivity index is 2.79. The third-order valence-corrected chi connectivity index (χ3v) is 1.58. The number of rotatable bonds is 1. The molecule has 13 heavy (non-hydrogen) atoms. The summed E-state index contributed by atoms with van der Waals surface area (Å²) in [7, 11) is 0. The summed E-state index contributed by atoms with van der Waals surface area (Å²) in [5.41, 5.74) is -0.929. The average molecular weight is 178 g/mol. The van der Waals surface area contributed by atoms with E-state index in [-0.39, 0.29) is 5.88 Å². The first-order valence-corrected chi connectivity index (χ1v) is 3.63. The number of nitrogens with zero attached hydrogens (tertiary/aromatic N) is 1. The summed E-state index contributed by atoms with van der Waals surface area (Å²) in [5, 5.41) is 0. The van der Waals surface area contributed by atoms with Crippen LogP contribution >= 0.6 is 0 Å². The van der Waals surface area contributed by atoms with Crippen LogP contribution in [0.15, 0.2) is 44.7 Å². The Labute approximate surface area is 72.3 Å². The van der Waals surface area contributed by atoms with Crippen molar-refractivity contribution in [1.29, 1.82) is 0 Å². The molecular formula is C8H6N2O3. The zero-order valence-corrected chi connectivity index (χ0v) is 6.56. The van der Waals surface area contributed by atoms with Crippen molar-refractivity contribution in [2.45, 2.75) is 0 Å². The third kappa shape index (κ3) is 1.20. The van der Waals surface area contributed by atoms with Gasteiger partial charge in [0.25, 0.3) is 5.56 Å². The molecule has 1 N–H and O–H groups in total. The minimum atomic E-state index is -0.512. The van der Waals surface area contributed by atoms with Crippen LogP contribution in [0.1, 0.15) is 0 Å². The highest BCUT2D eigenvalue weighted by molar-refractivity contribution is 5.16. The second-order valence-electron chi connectivity index (χ2n) is 2.41. The fourth-order valence-electron chi connectivity index (χ4n) is 1.03. The van der Waals surface area contributed by atoms with Crippen LogP contribution in [0.25, 0.3) is 5.88 Å². The second kappa shape index (κ2) is 2.78. The highest BCUT2D eigenvalue weighted by Crippen LogP contribution is 2.00. The molecule has 0 saturated carbocycles. The van der Waals surface area contributed by atoms with Gasteiger partial charge in [0.15, 0.2) is 0 Å². The summed E-state index contributed by atoms with van der Waals surface area (Å²) >= 11 is 0. The van der Waals surface area contributed by atoms with Crippen molar-refractivity contribution >= 4 is 0 Å². The van der Waals surface area contributed by atoms with Crippen LogP contribution in [-0.2, 0) is 0 Å². The van der Waals surface area contributed by atoms with E-state index in [2.05, 4.69) is 4.98 Å². The lowest BCUT2D eigenvalue weighted by Gasteiger charge is -1.96. The van der Waals surface area contributed by atoms with Crippen LogP contribution in [0.5, 0.6) is 0 Å². The molecule has 2 rings (SSSR count). The lowest BCUT2D eigenvalue weighted by molar-refractivity contribution is 0.526. The molecule has 0 aliphatic carbocycles. The molecule has 0 aliphatic heterocycles. The van der Waals surface area contributed by atoms with Crippen molar-refractivity contribution < 1.29 is 4.42 Å². The molecule has 0 unspecified atom stereocenters. The second-order valence-corrected chi connectivity index (χ2v) is 2.41. The molecule has 66 valence electrons. The normalized spacial score (nSPS) is 10.2. The van der Waals surface area contributed by atoms with Crippen LogP contribution in [0.3, 0.4) is 0 Å². The first kappa shape index (κ1) is 7.60. The van der Waals surface area contributed by atoms with E-state index in [0.29, 0.717) is 0 Å². The van der Waals surface area contributed by atoms with Gasteiger partial charge < -0.3 is 9.40 Å². The number of hydrogen-bond acceptors (Lipinski definition) is 3. The van der Waals surface area contributed by atoms with Crippen molar-refractivity contribution in [1.82, 2.24) is 9.55 Å². The molecule has 0 atom stereocenters. The zero-order chi connectivity index (χ0) is 9.26. The molecule has 2 aromatic heterocycles. The summed E-state index contributed by atoms with van der Waals surface area (Å²) in [6.45, 7) is 0. The minimum Gasteiger partial charge on any atom is -0.448 e. The third-order valence-electron chi connectivity index (χ3n) is 1.58. The maximum atomic E-state index is 11.2. The van der Waals surface area contributed by atoms with Gasteiger partial charge in [-0.05, 0) is 6.07 Å². The van der Waals surface area contributed by atoms with Gasteiger partial charge in [-0.1, -0.05) is 0 Å². The lowest BCUT2D eigenvalue weighted by atomic mass is 10.5. The van der Waals surface area contributed by atoms with E-state index in [1.807, 2.05) is 0 Å². The Morgan fingerprint density at radius 2 is 2.15 bits per heavy atom. The lowest BCUT2D eigenvalue weighted by Crippen LogP contribution is -2.31. The number of H-pyrrole nitrogens is 1. The van der Waals surface area contributed by atoms with Crippen molar-refractivity contribution in [3.05, 3.63) is 51.5 Å². The SMILES string of the molecule is O=c1cc[nH]c(=O)n1-c1ccco1. The summed E-state index contributed by atoms with van der Waals surface area (Å²) in [5.74, 6) is 0.215. The Morgan fingerprint density at radius 3 is 2.77 bits per heavy atom. The molecular weight excluding hydrogens is 172 g/mol. The molecule has 5 nitrogen and oxygen atoms in total. The van der Waals surface area contributed by atoms with E-state index in [0.717, 1.165) is 4.57 Å². The van der Waals surface area contributed by atoms with Gasteiger partial charge in [-0.3, -0.25) is 4.79 Å². The largest absolute Gasteiger partial charge is 0.448 e. The van der Waals surface area contributed by atoms with Crippen LogP contribution in [0, 0.1) is 0 Å². The number of aromatic amines is 1. The summed E-state index contributed by atoms with van der Waals surface area (Å²) < 4.78 is 5.84. The summed E-state index contributed by atoms with van der Waals surface area (Å²) in [6, 6.07) is 4.40. The van der Waals surface area contributed by atoms with Gasteiger partial charge in [-0.2, -0.15) is 4.57 Å². The Bertz CT molecular complexity index is 478. The molecule has 0 aliphatic rings. The number of hydrogen-bond donors (Lipinski definition) is 1. The van der Waals surface area contributed by atoms with E-state index < -0.39 is 11.2 Å². The minimum absolute atomic E-state index is 0.215. The highest BCUT2D eigenvalue weighted by Gasteiger charge is 2.04. The molecule has 0 aromatic carbocycles. The molecule has 2 heterocycles. The molecule has 2 aromatic rings. The smallest absolute Gasteiger partial charge is 0.335 e. The Morgan fingerprint density at radius 1 is 1.31 bits per heavy atom. The molecule has 0 amide bonds. The molecule has 0 bridgehead atoms. The van der Waals surface area contributed by atoms with E-state index in [4.69, 9.17) is 4.42 Å². The first-order valence-electron chi connectivity index (χ1n) is 3.63. The van der Waals surface area contributed by atoms with E-state index in [1.165, 1.54) is 24.6 Å². The van der Waals surface area contributed by atoms with Crippen molar-refractivity contribution in [3.8, 4) is 5.88 Å². The fraction of sp³-hybridized carbons (Fsp3) is 0.